The van der Waals surface area contributed by atoms with Gasteiger partial charge in [0.15, 0.2) is 5.13 Å². The van der Waals surface area contributed by atoms with E-state index in [1.54, 1.807) is 23.5 Å². The van der Waals surface area contributed by atoms with Crippen molar-refractivity contribution in [2.24, 2.45) is 0 Å². The summed E-state index contributed by atoms with van der Waals surface area (Å²) >= 11 is 1.65. The number of anilines is 1. The molecule has 4 rings (SSSR count). The molecule has 0 bridgehead atoms. The Morgan fingerprint density at radius 1 is 1.13 bits per heavy atom. The number of aromatic carboxylic acids is 1. The highest BCUT2D eigenvalue weighted by Gasteiger charge is 2.26. The van der Waals surface area contributed by atoms with Crippen LogP contribution in [0, 0.1) is 0 Å². The Morgan fingerprint density at radius 2 is 1.83 bits per heavy atom. The zero-order chi connectivity index (χ0) is 21.1. The van der Waals surface area contributed by atoms with E-state index in [1.807, 2.05) is 12.1 Å². The molecular weight excluding hydrogens is 392 g/mol. The quantitative estimate of drug-likeness (QED) is 0.469. The first kappa shape index (κ1) is 20.6. The maximum Gasteiger partial charge on any atom is 0.336 e. The molecule has 1 heterocycles. The summed E-state index contributed by atoms with van der Waals surface area (Å²) in [4.78, 5) is 19.0. The summed E-state index contributed by atoms with van der Waals surface area (Å²) in [5, 5.41) is 12.7. The Morgan fingerprint density at radius 3 is 2.50 bits per heavy atom. The lowest BCUT2D eigenvalue weighted by Gasteiger charge is -2.29. The van der Waals surface area contributed by atoms with E-state index in [1.165, 1.54) is 18.4 Å². The van der Waals surface area contributed by atoms with Crippen LogP contribution in [0.15, 0.2) is 53.9 Å². The molecule has 30 heavy (non-hydrogen) atoms. The van der Waals surface area contributed by atoms with E-state index in [9.17, 15) is 9.90 Å². The molecule has 0 spiro atoms. The molecule has 0 radical (unpaired) electrons. The molecule has 3 aromatic rings. The van der Waals surface area contributed by atoms with E-state index in [-0.39, 0.29) is 0 Å². The summed E-state index contributed by atoms with van der Waals surface area (Å²) in [6.07, 6.45) is 4.70. The minimum atomic E-state index is -0.873. The highest BCUT2D eigenvalue weighted by Crippen LogP contribution is 2.35. The Bertz CT molecular complexity index is 1000. The van der Waals surface area contributed by atoms with Gasteiger partial charge in [-0.15, -0.1) is 11.3 Å². The molecule has 1 saturated carbocycles. The summed E-state index contributed by atoms with van der Waals surface area (Å²) in [6, 6.07) is 16.4. The van der Waals surface area contributed by atoms with E-state index in [4.69, 9.17) is 4.98 Å². The lowest BCUT2D eigenvalue weighted by Crippen LogP contribution is -2.33. The number of benzene rings is 2. The van der Waals surface area contributed by atoms with Gasteiger partial charge in [0.1, 0.15) is 0 Å². The molecule has 0 saturated heterocycles. The van der Waals surface area contributed by atoms with Crippen molar-refractivity contribution in [2.45, 2.75) is 58.0 Å². The van der Waals surface area contributed by atoms with Crippen LogP contribution in [0.25, 0.3) is 11.3 Å². The summed E-state index contributed by atoms with van der Waals surface area (Å²) < 4.78 is 0. The van der Waals surface area contributed by atoms with Gasteiger partial charge < -0.3 is 10.0 Å². The molecule has 1 aliphatic rings. The number of thiazole rings is 1. The number of hydrogen-bond acceptors (Lipinski definition) is 4. The van der Waals surface area contributed by atoms with Crippen molar-refractivity contribution < 1.29 is 9.90 Å². The smallest absolute Gasteiger partial charge is 0.336 e. The van der Waals surface area contributed by atoms with Crippen LogP contribution in [0.2, 0.25) is 0 Å². The first-order valence-electron chi connectivity index (χ1n) is 10.7. The van der Waals surface area contributed by atoms with Gasteiger partial charge in [0.2, 0.25) is 0 Å². The first-order chi connectivity index (χ1) is 14.5. The summed E-state index contributed by atoms with van der Waals surface area (Å²) in [7, 11) is 0. The van der Waals surface area contributed by atoms with Gasteiger partial charge in [-0.25, -0.2) is 9.78 Å². The second kappa shape index (κ2) is 9.00. The first-order valence-corrected chi connectivity index (χ1v) is 11.5. The second-order valence-electron chi connectivity index (χ2n) is 8.32. The molecule has 1 aromatic heterocycles. The predicted octanol–water partition coefficient (Wildman–Crippen LogP) is 6.58. The van der Waals surface area contributed by atoms with Crippen molar-refractivity contribution in [3.63, 3.8) is 0 Å². The average molecular weight is 421 g/mol. The molecule has 0 aliphatic heterocycles. The number of carboxylic acids is 1. The van der Waals surface area contributed by atoms with Crippen molar-refractivity contribution in [1.29, 1.82) is 0 Å². The van der Waals surface area contributed by atoms with Crippen molar-refractivity contribution in [1.82, 2.24) is 4.98 Å². The van der Waals surface area contributed by atoms with Crippen molar-refractivity contribution >= 4 is 22.4 Å². The minimum absolute atomic E-state index is 0.376. The van der Waals surface area contributed by atoms with Crippen molar-refractivity contribution in [2.75, 3.05) is 4.90 Å². The third-order valence-corrected chi connectivity index (χ3v) is 6.84. The Balaban J connectivity index is 1.63. The highest BCUT2D eigenvalue weighted by molar-refractivity contribution is 7.14. The number of rotatable bonds is 7. The number of hydrogen-bond donors (Lipinski definition) is 1. The number of nitrogens with zero attached hydrogens (tertiary/aromatic N) is 2. The van der Waals surface area contributed by atoms with Gasteiger partial charge in [0.25, 0.3) is 0 Å². The van der Waals surface area contributed by atoms with Crippen LogP contribution in [0.4, 0.5) is 5.13 Å². The fourth-order valence-electron chi connectivity index (χ4n) is 4.19. The number of carbonyl (C=O) groups is 1. The summed E-state index contributed by atoms with van der Waals surface area (Å²) in [6.45, 7) is 4.97. The third kappa shape index (κ3) is 4.41. The minimum Gasteiger partial charge on any atom is -0.478 e. The van der Waals surface area contributed by atoms with Crippen molar-refractivity contribution in [3.8, 4) is 11.3 Å². The van der Waals surface area contributed by atoms with Crippen LogP contribution in [0.5, 0.6) is 0 Å². The van der Waals surface area contributed by atoms with Gasteiger partial charge in [-0.05, 0) is 36.0 Å². The van der Waals surface area contributed by atoms with E-state index >= 15 is 0 Å². The second-order valence-corrected chi connectivity index (χ2v) is 9.16. The SMILES string of the molecule is CC(C)c1ccc(-c2csc(N(Cc3ccccc3C(=O)O)C3CCCC3)n2)cc1. The molecule has 5 heteroatoms. The van der Waals surface area contributed by atoms with Gasteiger partial charge >= 0.3 is 5.97 Å². The normalized spacial score (nSPS) is 14.4. The van der Waals surface area contributed by atoms with E-state index in [0.717, 1.165) is 34.8 Å². The van der Waals surface area contributed by atoms with Crippen LogP contribution in [0.3, 0.4) is 0 Å². The largest absolute Gasteiger partial charge is 0.478 e. The van der Waals surface area contributed by atoms with Gasteiger partial charge in [-0.2, -0.15) is 0 Å². The molecule has 1 fully saturated rings. The van der Waals surface area contributed by atoms with E-state index < -0.39 is 5.97 Å². The Hall–Kier alpha value is -2.66. The Kier molecular flexibility index (Phi) is 6.18. The van der Waals surface area contributed by atoms with Gasteiger partial charge in [0, 0.05) is 23.5 Å². The topological polar surface area (TPSA) is 53.4 Å². The lowest BCUT2D eigenvalue weighted by atomic mass is 10.0. The zero-order valence-electron chi connectivity index (χ0n) is 17.5. The Labute approximate surface area is 182 Å². The molecule has 0 atom stereocenters. The molecule has 1 N–H and O–H groups in total. The maximum absolute atomic E-state index is 11.7. The molecular formula is C25H28N2O2S. The monoisotopic (exact) mass is 420 g/mol. The van der Waals surface area contributed by atoms with Gasteiger partial charge in [0.05, 0.1) is 11.3 Å². The average Bonchev–Trinajstić information content (AvgIpc) is 3.45. The fourth-order valence-corrected chi connectivity index (χ4v) is 5.09. The van der Waals surface area contributed by atoms with E-state index in [2.05, 4.69) is 48.4 Å². The number of carboxylic acid groups (broad SMARTS) is 1. The van der Waals surface area contributed by atoms with Crippen LogP contribution < -0.4 is 4.90 Å². The van der Waals surface area contributed by atoms with Gasteiger partial charge in [-0.3, -0.25) is 0 Å². The highest BCUT2D eigenvalue weighted by atomic mass is 32.1. The van der Waals surface area contributed by atoms with Crippen molar-refractivity contribution in [3.05, 3.63) is 70.6 Å². The summed E-state index contributed by atoms with van der Waals surface area (Å²) in [5.74, 6) is -0.362. The molecule has 0 amide bonds. The maximum atomic E-state index is 11.7. The molecule has 2 aromatic carbocycles. The van der Waals surface area contributed by atoms with Crippen LogP contribution in [0.1, 0.15) is 66.9 Å². The standard InChI is InChI=1S/C25H28N2O2S/c1-17(2)18-11-13-19(14-12-18)23-16-30-25(26-23)27(21-8-4-5-9-21)15-20-7-3-6-10-22(20)24(28)29/h3,6-7,10-14,16-17,21H,4-5,8-9,15H2,1-2H3,(H,28,29). The van der Waals surface area contributed by atoms with Crippen LogP contribution >= 0.6 is 11.3 Å². The van der Waals surface area contributed by atoms with Gasteiger partial charge in [-0.1, -0.05) is 69.2 Å². The lowest BCUT2D eigenvalue weighted by molar-refractivity contribution is 0.0695. The zero-order valence-corrected chi connectivity index (χ0v) is 18.4. The summed E-state index contributed by atoms with van der Waals surface area (Å²) in [5.41, 5.74) is 4.66. The molecule has 156 valence electrons. The molecule has 1 aliphatic carbocycles. The molecule has 4 nitrogen and oxygen atoms in total. The van der Waals surface area contributed by atoms with E-state index in [0.29, 0.717) is 24.1 Å². The number of aromatic nitrogens is 1. The third-order valence-electron chi connectivity index (χ3n) is 5.96. The van der Waals surface area contributed by atoms with Crippen LogP contribution in [-0.4, -0.2) is 22.1 Å². The fraction of sp³-hybridized carbons (Fsp3) is 0.360. The predicted molar refractivity (Wildman–Crippen MR) is 123 cm³/mol. The van der Waals surface area contributed by atoms with Crippen LogP contribution in [-0.2, 0) is 6.54 Å². The molecule has 0 unspecified atom stereocenters.